The summed E-state index contributed by atoms with van der Waals surface area (Å²) in [4.78, 5) is 14.7. The van der Waals surface area contributed by atoms with Crippen LogP contribution in [-0.2, 0) is 11.2 Å². The number of amides is 1. The third kappa shape index (κ3) is 2.66. The zero-order valence-electron chi connectivity index (χ0n) is 12.2. The van der Waals surface area contributed by atoms with E-state index in [9.17, 15) is 4.79 Å². The normalized spacial score (nSPS) is 24.7. The standard InChI is InChI=1S/C16H22N2O2/c1-16(2)11-18(8-7-17-16)15(19)13-9-12-5-3-4-6-14(12)20-10-13/h3-6,13,17H,7-11H2,1-2H3. The highest BCUT2D eigenvalue weighted by Crippen LogP contribution is 2.28. The largest absolute Gasteiger partial charge is 0.492 e. The Kier molecular flexibility index (Phi) is 3.42. The fourth-order valence-electron chi connectivity index (χ4n) is 3.07. The zero-order chi connectivity index (χ0) is 14.2. The summed E-state index contributed by atoms with van der Waals surface area (Å²) in [5.41, 5.74) is 1.15. The molecule has 0 aliphatic carbocycles. The van der Waals surface area contributed by atoms with Crippen molar-refractivity contribution in [3.05, 3.63) is 29.8 Å². The Labute approximate surface area is 120 Å². The Morgan fingerprint density at radius 3 is 3.00 bits per heavy atom. The van der Waals surface area contributed by atoms with Gasteiger partial charge in [0, 0.05) is 25.2 Å². The highest BCUT2D eigenvalue weighted by Gasteiger charge is 2.34. The van der Waals surface area contributed by atoms with E-state index >= 15 is 0 Å². The van der Waals surface area contributed by atoms with Crippen LogP contribution in [0.4, 0.5) is 0 Å². The van der Waals surface area contributed by atoms with Crippen molar-refractivity contribution in [1.82, 2.24) is 10.2 Å². The summed E-state index contributed by atoms with van der Waals surface area (Å²) in [5.74, 6) is 1.12. The second kappa shape index (κ2) is 5.09. The number of benzene rings is 1. The number of carbonyl (C=O) groups is 1. The van der Waals surface area contributed by atoms with Crippen LogP contribution in [0.15, 0.2) is 24.3 Å². The maximum absolute atomic E-state index is 12.7. The van der Waals surface area contributed by atoms with Gasteiger partial charge in [0.05, 0.1) is 5.92 Å². The lowest BCUT2D eigenvalue weighted by molar-refractivity contribution is -0.139. The molecular formula is C16H22N2O2. The fourth-order valence-corrected chi connectivity index (χ4v) is 3.07. The van der Waals surface area contributed by atoms with Crippen LogP contribution in [0.25, 0.3) is 0 Å². The second-order valence-electron chi connectivity index (χ2n) is 6.39. The predicted molar refractivity (Wildman–Crippen MR) is 77.8 cm³/mol. The summed E-state index contributed by atoms with van der Waals surface area (Å²) in [7, 11) is 0. The van der Waals surface area contributed by atoms with E-state index in [0.29, 0.717) is 6.61 Å². The van der Waals surface area contributed by atoms with Crippen molar-refractivity contribution in [1.29, 1.82) is 0 Å². The monoisotopic (exact) mass is 274 g/mol. The first-order valence-corrected chi connectivity index (χ1v) is 7.30. The van der Waals surface area contributed by atoms with Gasteiger partial charge in [-0.25, -0.2) is 0 Å². The molecule has 0 bridgehead atoms. The summed E-state index contributed by atoms with van der Waals surface area (Å²) in [6.45, 7) is 7.20. The fraction of sp³-hybridized carbons (Fsp3) is 0.562. The predicted octanol–water partition coefficient (Wildman–Crippen LogP) is 1.45. The number of fused-ring (bicyclic) bond motifs is 1. The first-order chi connectivity index (χ1) is 9.55. The molecule has 3 rings (SSSR count). The van der Waals surface area contributed by atoms with Gasteiger partial charge in [0.1, 0.15) is 12.4 Å². The summed E-state index contributed by atoms with van der Waals surface area (Å²) in [5, 5.41) is 3.44. The number of hydrogen-bond acceptors (Lipinski definition) is 3. The van der Waals surface area contributed by atoms with Gasteiger partial charge < -0.3 is 15.0 Å². The number of nitrogens with zero attached hydrogens (tertiary/aromatic N) is 1. The zero-order valence-corrected chi connectivity index (χ0v) is 12.2. The summed E-state index contributed by atoms with van der Waals surface area (Å²) >= 11 is 0. The summed E-state index contributed by atoms with van der Waals surface area (Å²) < 4.78 is 5.74. The van der Waals surface area contributed by atoms with Gasteiger partial charge in [-0.15, -0.1) is 0 Å². The average Bonchev–Trinajstić information content (AvgIpc) is 2.45. The minimum absolute atomic E-state index is 0.00133. The first kappa shape index (κ1) is 13.4. The van der Waals surface area contributed by atoms with E-state index in [1.54, 1.807) is 0 Å². The Morgan fingerprint density at radius 1 is 1.40 bits per heavy atom. The molecule has 2 aliphatic heterocycles. The average molecular weight is 274 g/mol. The highest BCUT2D eigenvalue weighted by atomic mass is 16.5. The quantitative estimate of drug-likeness (QED) is 0.843. The maximum Gasteiger partial charge on any atom is 0.229 e. The van der Waals surface area contributed by atoms with Gasteiger partial charge in [-0.3, -0.25) is 4.79 Å². The van der Waals surface area contributed by atoms with Crippen molar-refractivity contribution < 1.29 is 9.53 Å². The summed E-state index contributed by atoms with van der Waals surface area (Å²) in [6.07, 6.45) is 0.791. The van der Waals surface area contributed by atoms with Crippen LogP contribution in [0.5, 0.6) is 5.75 Å². The molecule has 2 heterocycles. The Hall–Kier alpha value is -1.55. The van der Waals surface area contributed by atoms with Crippen LogP contribution in [0, 0.1) is 5.92 Å². The second-order valence-corrected chi connectivity index (χ2v) is 6.39. The molecule has 4 heteroatoms. The maximum atomic E-state index is 12.7. The lowest BCUT2D eigenvalue weighted by atomic mass is 9.94. The van der Waals surface area contributed by atoms with Gasteiger partial charge in [-0.2, -0.15) is 0 Å². The molecule has 0 aromatic heterocycles. The lowest BCUT2D eigenvalue weighted by Gasteiger charge is -2.41. The molecule has 1 aromatic carbocycles. The molecule has 1 amide bonds. The van der Waals surface area contributed by atoms with Crippen molar-refractivity contribution in [3.63, 3.8) is 0 Å². The minimum atomic E-state index is -0.0428. The topological polar surface area (TPSA) is 41.6 Å². The van der Waals surface area contributed by atoms with Gasteiger partial charge in [0.25, 0.3) is 0 Å². The molecule has 20 heavy (non-hydrogen) atoms. The number of carbonyl (C=O) groups excluding carboxylic acids is 1. The molecule has 1 N–H and O–H groups in total. The molecular weight excluding hydrogens is 252 g/mol. The van der Waals surface area contributed by atoms with Gasteiger partial charge in [0.2, 0.25) is 5.91 Å². The number of para-hydroxylation sites is 1. The number of ether oxygens (including phenoxy) is 1. The van der Waals surface area contributed by atoms with Crippen molar-refractivity contribution in [2.45, 2.75) is 25.8 Å². The van der Waals surface area contributed by atoms with Gasteiger partial charge in [-0.05, 0) is 31.9 Å². The number of piperazine rings is 1. The molecule has 2 aliphatic rings. The van der Waals surface area contributed by atoms with Crippen molar-refractivity contribution in [2.75, 3.05) is 26.2 Å². The molecule has 1 fully saturated rings. The van der Waals surface area contributed by atoms with E-state index in [-0.39, 0.29) is 17.4 Å². The van der Waals surface area contributed by atoms with Crippen LogP contribution >= 0.6 is 0 Å². The molecule has 4 nitrogen and oxygen atoms in total. The smallest absolute Gasteiger partial charge is 0.229 e. The van der Waals surface area contributed by atoms with E-state index in [2.05, 4.69) is 25.2 Å². The number of hydrogen-bond donors (Lipinski definition) is 1. The first-order valence-electron chi connectivity index (χ1n) is 7.30. The van der Waals surface area contributed by atoms with E-state index in [1.807, 2.05) is 23.1 Å². The summed E-state index contributed by atoms with van der Waals surface area (Å²) in [6, 6.07) is 8.00. The molecule has 0 radical (unpaired) electrons. The van der Waals surface area contributed by atoms with Crippen LogP contribution in [0.2, 0.25) is 0 Å². The van der Waals surface area contributed by atoms with Crippen LogP contribution in [0.3, 0.4) is 0 Å². The number of nitrogens with one attached hydrogen (secondary N) is 1. The van der Waals surface area contributed by atoms with Crippen molar-refractivity contribution in [2.24, 2.45) is 5.92 Å². The molecule has 1 unspecified atom stereocenters. The van der Waals surface area contributed by atoms with Crippen LogP contribution < -0.4 is 10.1 Å². The van der Waals surface area contributed by atoms with E-state index in [1.165, 1.54) is 0 Å². The highest BCUT2D eigenvalue weighted by molar-refractivity contribution is 5.80. The Balaban J connectivity index is 1.70. The molecule has 1 aromatic rings. The van der Waals surface area contributed by atoms with E-state index in [0.717, 1.165) is 37.4 Å². The molecule has 0 saturated carbocycles. The lowest BCUT2D eigenvalue weighted by Crippen LogP contribution is -2.59. The molecule has 0 spiro atoms. The minimum Gasteiger partial charge on any atom is -0.492 e. The Morgan fingerprint density at radius 2 is 2.20 bits per heavy atom. The number of rotatable bonds is 1. The molecule has 1 atom stereocenters. The molecule has 108 valence electrons. The van der Waals surface area contributed by atoms with E-state index < -0.39 is 0 Å². The van der Waals surface area contributed by atoms with E-state index in [4.69, 9.17) is 4.74 Å². The van der Waals surface area contributed by atoms with Crippen LogP contribution in [-0.4, -0.2) is 42.6 Å². The Bertz CT molecular complexity index is 513. The SMILES string of the molecule is CC1(C)CN(C(=O)C2COc3ccccc3C2)CCN1. The third-order valence-electron chi connectivity index (χ3n) is 4.11. The van der Waals surface area contributed by atoms with Gasteiger partial charge in [-0.1, -0.05) is 18.2 Å². The van der Waals surface area contributed by atoms with Crippen LogP contribution in [0.1, 0.15) is 19.4 Å². The third-order valence-corrected chi connectivity index (χ3v) is 4.11. The van der Waals surface area contributed by atoms with Crippen molar-refractivity contribution >= 4 is 5.91 Å². The van der Waals surface area contributed by atoms with Gasteiger partial charge in [0.15, 0.2) is 0 Å². The van der Waals surface area contributed by atoms with Gasteiger partial charge >= 0.3 is 0 Å². The van der Waals surface area contributed by atoms with Crippen molar-refractivity contribution in [3.8, 4) is 5.75 Å². The molecule has 1 saturated heterocycles.